The van der Waals surface area contributed by atoms with E-state index in [0.29, 0.717) is 11.3 Å². The molecule has 1 aromatic heterocycles. The molecule has 1 unspecified atom stereocenters. The predicted octanol–water partition coefficient (Wildman–Crippen LogP) is 4.34. The van der Waals surface area contributed by atoms with Gasteiger partial charge in [0.2, 0.25) is 5.88 Å². The maximum atomic E-state index is 14.1. The number of benzene rings is 3. The monoisotopic (exact) mass is 475 g/mol. The summed E-state index contributed by atoms with van der Waals surface area (Å²) in [4.78, 5) is 24.3. The Labute approximate surface area is 200 Å². The molecule has 3 N–H and O–H groups in total. The third-order valence-corrected chi connectivity index (χ3v) is 5.40. The quantitative estimate of drug-likeness (QED) is 0.349. The van der Waals surface area contributed by atoms with Crippen LogP contribution in [0.3, 0.4) is 0 Å². The normalized spacial score (nSPS) is 11.6. The summed E-state index contributed by atoms with van der Waals surface area (Å²) in [5, 5.41) is 26.2. The maximum absolute atomic E-state index is 14.1. The second-order valence-electron chi connectivity index (χ2n) is 7.73. The van der Waals surface area contributed by atoms with E-state index in [1.54, 1.807) is 25.3 Å². The number of carbonyl (C=O) groups excluding carboxylic acids is 1. The molecule has 0 aliphatic rings. The lowest BCUT2D eigenvalue weighted by Crippen LogP contribution is -2.30. The summed E-state index contributed by atoms with van der Waals surface area (Å²) in [6.45, 7) is 0. The molecule has 1 amide bonds. The minimum absolute atomic E-state index is 0.0285. The van der Waals surface area contributed by atoms with E-state index >= 15 is 0 Å². The molecule has 0 aliphatic heterocycles. The number of rotatable bonds is 8. The molecule has 1 heterocycles. The van der Waals surface area contributed by atoms with Crippen LogP contribution in [-0.2, 0) is 4.79 Å². The van der Waals surface area contributed by atoms with E-state index in [4.69, 9.17) is 4.74 Å². The lowest BCUT2D eigenvalue weighted by molar-refractivity contribution is -0.137. The van der Waals surface area contributed by atoms with Crippen molar-refractivity contribution in [1.29, 1.82) is 0 Å². The number of nitrogens with one attached hydrogen (secondary N) is 1. The second-order valence-corrected chi connectivity index (χ2v) is 7.73. The summed E-state index contributed by atoms with van der Waals surface area (Å²) in [5.74, 6) is -2.17. The third kappa shape index (κ3) is 5.30. The topological polar surface area (TPSA) is 114 Å². The Bertz CT molecular complexity index is 1370. The average Bonchev–Trinajstić information content (AvgIpc) is 3.25. The Morgan fingerprint density at radius 2 is 1.77 bits per heavy atom. The molecule has 3 aromatic carbocycles. The predicted molar refractivity (Wildman–Crippen MR) is 126 cm³/mol. The molecule has 178 valence electrons. The van der Waals surface area contributed by atoms with Crippen LogP contribution in [0.5, 0.6) is 11.6 Å². The molecule has 0 radical (unpaired) electrons. The van der Waals surface area contributed by atoms with Crippen molar-refractivity contribution in [3.63, 3.8) is 0 Å². The van der Waals surface area contributed by atoms with E-state index < -0.39 is 29.6 Å². The zero-order valence-electron chi connectivity index (χ0n) is 18.7. The molecular weight excluding hydrogens is 453 g/mol. The number of nitrogens with zero attached hydrogens (tertiary/aromatic N) is 2. The number of hydrogen-bond donors (Lipinski definition) is 3. The van der Waals surface area contributed by atoms with E-state index in [0.717, 1.165) is 21.9 Å². The molecule has 0 saturated heterocycles. The molecule has 0 spiro atoms. The first-order chi connectivity index (χ1) is 16.9. The minimum Gasteiger partial charge on any atom is -0.497 e. The summed E-state index contributed by atoms with van der Waals surface area (Å²) in [5.41, 5.74) is 2.17. The summed E-state index contributed by atoms with van der Waals surface area (Å²) in [6.07, 6.45) is -0.371. The van der Waals surface area contributed by atoms with E-state index in [9.17, 15) is 24.2 Å². The van der Waals surface area contributed by atoms with Crippen molar-refractivity contribution in [3.8, 4) is 28.4 Å². The van der Waals surface area contributed by atoms with Gasteiger partial charge in [0.25, 0.3) is 5.91 Å². The minimum atomic E-state index is -1.10. The van der Waals surface area contributed by atoms with Gasteiger partial charge in [0.15, 0.2) is 5.69 Å². The standard InChI is InChI=1S/C26H22FN3O5/c1-35-19-6-4-5-18(13-19)16-9-11-17(12-10-16)21(15-25(32)33)28-26(34)22-14-24(31)30(29-22)23-8-3-2-7-20(23)27/h2-14,21,31H,15H2,1H3,(H,28,34)(H,32,33). The number of ether oxygens (including phenoxy) is 1. The van der Waals surface area contributed by atoms with Crippen molar-refractivity contribution in [2.45, 2.75) is 12.5 Å². The summed E-state index contributed by atoms with van der Waals surface area (Å²) in [7, 11) is 1.58. The molecule has 4 aromatic rings. The molecule has 35 heavy (non-hydrogen) atoms. The largest absolute Gasteiger partial charge is 0.497 e. The second kappa shape index (κ2) is 10.1. The van der Waals surface area contributed by atoms with Crippen molar-refractivity contribution in [3.05, 3.63) is 95.9 Å². The molecule has 4 rings (SSSR count). The summed E-state index contributed by atoms with van der Waals surface area (Å²) in [6, 6.07) is 20.5. The molecule has 0 aliphatic carbocycles. The number of amides is 1. The number of carboxylic acids is 1. The Hall–Kier alpha value is -4.66. The number of carboxylic acid groups (broad SMARTS) is 1. The van der Waals surface area contributed by atoms with Crippen molar-refractivity contribution in [2.24, 2.45) is 0 Å². The van der Waals surface area contributed by atoms with Gasteiger partial charge in [0, 0.05) is 6.07 Å². The first-order valence-corrected chi connectivity index (χ1v) is 10.7. The van der Waals surface area contributed by atoms with Gasteiger partial charge in [0.05, 0.1) is 19.6 Å². The number of aromatic nitrogens is 2. The van der Waals surface area contributed by atoms with Crippen molar-refractivity contribution in [1.82, 2.24) is 15.1 Å². The van der Waals surface area contributed by atoms with Crippen LogP contribution in [0.2, 0.25) is 0 Å². The average molecular weight is 475 g/mol. The fraction of sp³-hybridized carbons (Fsp3) is 0.115. The Balaban J connectivity index is 1.57. The number of methoxy groups -OCH3 is 1. The molecule has 0 bridgehead atoms. The van der Waals surface area contributed by atoms with E-state index in [1.807, 2.05) is 36.4 Å². The first kappa shape index (κ1) is 23.5. The molecule has 0 fully saturated rings. The van der Waals surface area contributed by atoms with Gasteiger partial charge in [-0.15, -0.1) is 0 Å². The van der Waals surface area contributed by atoms with Gasteiger partial charge in [-0.2, -0.15) is 9.78 Å². The van der Waals surface area contributed by atoms with Crippen molar-refractivity contribution in [2.75, 3.05) is 7.11 Å². The molecular formula is C26H22FN3O5. The van der Waals surface area contributed by atoms with Crippen LogP contribution in [0.25, 0.3) is 16.8 Å². The number of hydrogen-bond acceptors (Lipinski definition) is 5. The van der Waals surface area contributed by atoms with Gasteiger partial charge in [0.1, 0.15) is 17.3 Å². The van der Waals surface area contributed by atoms with Crippen LogP contribution >= 0.6 is 0 Å². The van der Waals surface area contributed by atoms with E-state index in [1.165, 1.54) is 18.2 Å². The van der Waals surface area contributed by atoms with Gasteiger partial charge in [-0.05, 0) is 41.0 Å². The SMILES string of the molecule is COc1cccc(-c2ccc(C(CC(=O)O)NC(=O)c3cc(O)n(-c4ccccc4F)n3)cc2)c1. The highest BCUT2D eigenvalue weighted by molar-refractivity contribution is 5.93. The summed E-state index contributed by atoms with van der Waals surface area (Å²) < 4.78 is 20.2. The smallest absolute Gasteiger partial charge is 0.305 e. The fourth-order valence-electron chi connectivity index (χ4n) is 3.65. The van der Waals surface area contributed by atoms with Crippen molar-refractivity contribution >= 4 is 11.9 Å². The van der Waals surface area contributed by atoms with Gasteiger partial charge >= 0.3 is 5.97 Å². The van der Waals surface area contributed by atoms with Crippen LogP contribution in [0.15, 0.2) is 78.9 Å². The van der Waals surface area contributed by atoms with Crippen LogP contribution in [0.1, 0.15) is 28.5 Å². The highest BCUT2D eigenvalue weighted by Gasteiger charge is 2.22. The van der Waals surface area contributed by atoms with Crippen LogP contribution in [-0.4, -0.2) is 39.0 Å². The number of carbonyl (C=O) groups is 2. The lowest BCUT2D eigenvalue weighted by Gasteiger charge is -2.17. The number of halogens is 1. The fourth-order valence-corrected chi connectivity index (χ4v) is 3.65. The highest BCUT2D eigenvalue weighted by Crippen LogP contribution is 2.27. The first-order valence-electron chi connectivity index (χ1n) is 10.7. The van der Waals surface area contributed by atoms with Gasteiger partial charge in [-0.1, -0.05) is 48.5 Å². The zero-order valence-corrected chi connectivity index (χ0v) is 18.7. The maximum Gasteiger partial charge on any atom is 0.305 e. The third-order valence-electron chi connectivity index (χ3n) is 5.40. The van der Waals surface area contributed by atoms with Gasteiger partial charge in [-0.3, -0.25) is 9.59 Å². The Morgan fingerprint density at radius 1 is 1.03 bits per heavy atom. The van der Waals surface area contributed by atoms with Crippen LogP contribution < -0.4 is 10.1 Å². The molecule has 1 atom stereocenters. The molecule has 0 saturated carbocycles. The van der Waals surface area contributed by atoms with E-state index in [-0.39, 0.29) is 17.8 Å². The Kier molecular flexibility index (Phi) is 6.77. The van der Waals surface area contributed by atoms with Crippen LogP contribution in [0.4, 0.5) is 4.39 Å². The number of para-hydroxylation sites is 1. The van der Waals surface area contributed by atoms with E-state index in [2.05, 4.69) is 10.4 Å². The summed E-state index contributed by atoms with van der Waals surface area (Å²) >= 11 is 0. The number of aromatic hydroxyl groups is 1. The van der Waals surface area contributed by atoms with Gasteiger partial charge in [-0.25, -0.2) is 4.39 Å². The Morgan fingerprint density at radius 3 is 2.46 bits per heavy atom. The zero-order chi connectivity index (χ0) is 24.9. The van der Waals surface area contributed by atoms with Crippen LogP contribution in [0, 0.1) is 5.82 Å². The molecule has 9 heteroatoms. The van der Waals surface area contributed by atoms with Crippen molar-refractivity contribution < 1.29 is 28.9 Å². The number of aliphatic carboxylic acids is 1. The highest BCUT2D eigenvalue weighted by atomic mass is 19.1. The van der Waals surface area contributed by atoms with Gasteiger partial charge < -0.3 is 20.3 Å². The lowest BCUT2D eigenvalue weighted by atomic mass is 9.99. The molecule has 8 nitrogen and oxygen atoms in total.